The average Bonchev–Trinajstić information content (AvgIpc) is 2.44. The monoisotopic (exact) mass is 288 g/mol. The van der Waals surface area contributed by atoms with Crippen LogP contribution in [0.4, 0.5) is 0 Å². The molecule has 0 bridgehead atoms. The van der Waals surface area contributed by atoms with Crippen molar-refractivity contribution in [2.24, 2.45) is 16.4 Å². The van der Waals surface area contributed by atoms with Gasteiger partial charge in [0.1, 0.15) is 5.75 Å². The normalized spacial score (nSPS) is 19.2. The molecule has 1 aromatic rings. The van der Waals surface area contributed by atoms with Gasteiger partial charge in [0.25, 0.3) is 5.91 Å². The molecule has 0 unspecified atom stereocenters. The number of hydrogen-bond donors (Lipinski definition) is 2. The SMILES string of the molecule is CC(C)(C)C1CCC(=NNC(=O)c2cccc(O)c2)CC1. The minimum atomic E-state index is -0.281. The van der Waals surface area contributed by atoms with Gasteiger partial charge < -0.3 is 5.11 Å². The highest BCUT2D eigenvalue weighted by molar-refractivity contribution is 5.95. The average molecular weight is 288 g/mol. The third-order valence-corrected chi connectivity index (χ3v) is 4.21. The summed E-state index contributed by atoms with van der Waals surface area (Å²) < 4.78 is 0. The van der Waals surface area contributed by atoms with Crippen molar-refractivity contribution < 1.29 is 9.90 Å². The summed E-state index contributed by atoms with van der Waals surface area (Å²) in [5.41, 5.74) is 4.41. The van der Waals surface area contributed by atoms with E-state index in [1.165, 1.54) is 12.1 Å². The van der Waals surface area contributed by atoms with Gasteiger partial charge in [-0.25, -0.2) is 5.43 Å². The zero-order chi connectivity index (χ0) is 15.5. The Morgan fingerprint density at radius 1 is 1.29 bits per heavy atom. The van der Waals surface area contributed by atoms with Gasteiger partial charge in [-0.3, -0.25) is 4.79 Å². The maximum atomic E-state index is 11.9. The Labute approximate surface area is 126 Å². The topological polar surface area (TPSA) is 61.7 Å². The van der Waals surface area contributed by atoms with Crippen LogP contribution in [0.5, 0.6) is 5.75 Å². The van der Waals surface area contributed by atoms with E-state index in [1.807, 2.05) is 0 Å². The Hall–Kier alpha value is -1.84. The Bertz CT molecular complexity index is 534. The van der Waals surface area contributed by atoms with E-state index in [2.05, 4.69) is 31.3 Å². The number of rotatable bonds is 2. The number of hydrogen-bond acceptors (Lipinski definition) is 3. The summed E-state index contributed by atoms with van der Waals surface area (Å²) in [4.78, 5) is 11.9. The molecule has 0 aromatic heterocycles. The summed E-state index contributed by atoms with van der Waals surface area (Å²) in [5.74, 6) is 0.524. The Kier molecular flexibility index (Phi) is 4.66. The zero-order valence-corrected chi connectivity index (χ0v) is 13.0. The van der Waals surface area contributed by atoms with Crippen molar-refractivity contribution in [3.8, 4) is 5.75 Å². The molecule has 4 nitrogen and oxygen atoms in total. The molecule has 0 saturated heterocycles. The minimum Gasteiger partial charge on any atom is -0.508 e. The summed E-state index contributed by atoms with van der Waals surface area (Å²) in [6, 6.07) is 6.28. The van der Waals surface area contributed by atoms with Crippen LogP contribution in [0.25, 0.3) is 0 Å². The molecule has 1 aliphatic rings. The van der Waals surface area contributed by atoms with Crippen molar-refractivity contribution in [1.82, 2.24) is 5.43 Å². The number of phenols is 1. The molecule has 0 heterocycles. The van der Waals surface area contributed by atoms with Crippen LogP contribution in [0.3, 0.4) is 0 Å². The number of phenolic OH excluding ortho intramolecular Hbond substituents is 1. The fourth-order valence-electron chi connectivity index (χ4n) is 2.77. The van der Waals surface area contributed by atoms with E-state index in [9.17, 15) is 9.90 Å². The van der Waals surface area contributed by atoms with Crippen molar-refractivity contribution in [2.45, 2.75) is 46.5 Å². The lowest BCUT2D eigenvalue weighted by Crippen LogP contribution is -2.27. The molecule has 0 radical (unpaired) electrons. The second-order valence-electron chi connectivity index (χ2n) is 6.81. The molecule has 0 aliphatic heterocycles. The summed E-state index contributed by atoms with van der Waals surface area (Å²) in [6.45, 7) is 6.84. The molecule has 0 spiro atoms. The van der Waals surface area contributed by atoms with Crippen molar-refractivity contribution >= 4 is 11.6 Å². The van der Waals surface area contributed by atoms with Crippen LogP contribution in [0.2, 0.25) is 0 Å². The van der Waals surface area contributed by atoms with E-state index in [4.69, 9.17) is 0 Å². The second-order valence-corrected chi connectivity index (χ2v) is 6.81. The lowest BCUT2D eigenvalue weighted by Gasteiger charge is -2.34. The lowest BCUT2D eigenvalue weighted by atomic mass is 9.72. The van der Waals surface area contributed by atoms with Gasteiger partial charge in [-0.05, 0) is 55.2 Å². The number of aromatic hydroxyl groups is 1. The molecule has 21 heavy (non-hydrogen) atoms. The molecule has 2 N–H and O–H groups in total. The fraction of sp³-hybridized carbons (Fsp3) is 0.529. The second kappa shape index (κ2) is 6.29. The van der Waals surface area contributed by atoms with E-state index >= 15 is 0 Å². The number of nitrogens with one attached hydrogen (secondary N) is 1. The third kappa shape index (κ3) is 4.31. The van der Waals surface area contributed by atoms with Crippen LogP contribution in [0.1, 0.15) is 56.8 Å². The van der Waals surface area contributed by atoms with Gasteiger partial charge in [-0.2, -0.15) is 5.10 Å². The molecular weight excluding hydrogens is 264 g/mol. The van der Waals surface area contributed by atoms with Crippen molar-refractivity contribution in [3.05, 3.63) is 29.8 Å². The van der Waals surface area contributed by atoms with Gasteiger partial charge >= 0.3 is 0 Å². The number of benzene rings is 1. The highest BCUT2D eigenvalue weighted by atomic mass is 16.3. The quantitative estimate of drug-likeness (QED) is 0.815. The van der Waals surface area contributed by atoms with Gasteiger partial charge in [0.05, 0.1) is 0 Å². The predicted octanol–water partition coefficient (Wildman–Crippen LogP) is 3.71. The van der Waals surface area contributed by atoms with Crippen LogP contribution in [-0.4, -0.2) is 16.7 Å². The number of carbonyl (C=O) groups excluding carboxylic acids is 1. The van der Waals surface area contributed by atoms with Crippen LogP contribution >= 0.6 is 0 Å². The lowest BCUT2D eigenvalue weighted by molar-refractivity contribution is 0.0954. The van der Waals surface area contributed by atoms with Gasteiger partial charge in [0.2, 0.25) is 0 Å². The van der Waals surface area contributed by atoms with Gasteiger partial charge in [0.15, 0.2) is 0 Å². The fourth-order valence-corrected chi connectivity index (χ4v) is 2.77. The third-order valence-electron chi connectivity index (χ3n) is 4.21. The summed E-state index contributed by atoms with van der Waals surface area (Å²) in [5, 5.41) is 13.6. The van der Waals surface area contributed by atoms with Crippen LogP contribution in [0.15, 0.2) is 29.4 Å². The largest absolute Gasteiger partial charge is 0.508 e. The Balaban J connectivity index is 1.90. The van der Waals surface area contributed by atoms with E-state index in [0.717, 1.165) is 37.3 Å². The molecule has 114 valence electrons. The molecule has 1 aliphatic carbocycles. The molecule has 1 aromatic carbocycles. The highest BCUT2D eigenvalue weighted by Gasteiger charge is 2.28. The molecule has 0 atom stereocenters. The maximum Gasteiger partial charge on any atom is 0.271 e. The van der Waals surface area contributed by atoms with Crippen LogP contribution in [0, 0.1) is 11.3 Å². The van der Waals surface area contributed by atoms with E-state index in [1.54, 1.807) is 12.1 Å². The smallest absolute Gasteiger partial charge is 0.271 e. The first-order valence-electron chi connectivity index (χ1n) is 7.51. The first kappa shape index (κ1) is 15.5. The number of nitrogens with zero attached hydrogens (tertiary/aromatic N) is 1. The van der Waals surface area contributed by atoms with Crippen LogP contribution < -0.4 is 5.43 Å². The van der Waals surface area contributed by atoms with Crippen molar-refractivity contribution in [1.29, 1.82) is 0 Å². The number of amides is 1. The van der Waals surface area contributed by atoms with Crippen LogP contribution in [-0.2, 0) is 0 Å². The van der Waals surface area contributed by atoms with Gasteiger partial charge in [-0.15, -0.1) is 0 Å². The number of hydrazone groups is 1. The summed E-state index contributed by atoms with van der Waals surface area (Å²) in [6.07, 6.45) is 4.15. The van der Waals surface area contributed by atoms with Gasteiger partial charge in [0, 0.05) is 11.3 Å². The molecular formula is C17H24N2O2. The first-order chi connectivity index (χ1) is 9.86. The molecule has 1 amide bonds. The maximum absolute atomic E-state index is 11.9. The summed E-state index contributed by atoms with van der Waals surface area (Å²) >= 11 is 0. The number of carbonyl (C=O) groups is 1. The first-order valence-corrected chi connectivity index (χ1v) is 7.51. The van der Waals surface area contributed by atoms with E-state index in [-0.39, 0.29) is 11.7 Å². The van der Waals surface area contributed by atoms with E-state index in [0.29, 0.717) is 11.0 Å². The molecule has 2 rings (SSSR count). The Morgan fingerprint density at radius 2 is 1.95 bits per heavy atom. The Morgan fingerprint density at radius 3 is 2.52 bits per heavy atom. The minimum absolute atomic E-state index is 0.0842. The van der Waals surface area contributed by atoms with Crippen molar-refractivity contribution in [2.75, 3.05) is 0 Å². The molecule has 4 heteroatoms. The molecule has 1 saturated carbocycles. The van der Waals surface area contributed by atoms with E-state index < -0.39 is 0 Å². The zero-order valence-electron chi connectivity index (χ0n) is 13.0. The van der Waals surface area contributed by atoms with Gasteiger partial charge in [-0.1, -0.05) is 26.8 Å². The summed E-state index contributed by atoms with van der Waals surface area (Å²) in [7, 11) is 0. The molecule has 1 fully saturated rings. The standard InChI is InChI=1S/C17H24N2O2/c1-17(2,3)13-7-9-14(10-8-13)18-19-16(21)12-5-4-6-15(20)11-12/h4-6,11,13,20H,7-10H2,1-3H3,(H,19,21). The highest BCUT2D eigenvalue weighted by Crippen LogP contribution is 2.36. The predicted molar refractivity (Wildman–Crippen MR) is 84.4 cm³/mol. The van der Waals surface area contributed by atoms with Crippen molar-refractivity contribution in [3.63, 3.8) is 0 Å².